The van der Waals surface area contributed by atoms with E-state index >= 15 is 0 Å². The highest BCUT2D eigenvalue weighted by molar-refractivity contribution is 9.10. The Morgan fingerprint density at radius 3 is 2.69 bits per heavy atom. The molecule has 0 saturated carbocycles. The van der Waals surface area contributed by atoms with Crippen LogP contribution in [0.25, 0.3) is 0 Å². The second-order valence-electron chi connectivity index (χ2n) is 5.84. The van der Waals surface area contributed by atoms with Crippen molar-refractivity contribution in [2.45, 2.75) is 6.61 Å². The number of hydrogen-bond acceptors (Lipinski definition) is 5. The van der Waals surface area contributed by atoms with Gasteiger partial charge in [0.15, 0.2) is 11.5 Å². The van der Waals surface area contributed by atoms with Crippen molar-refractivity contribution in [1.82, 2.24) is 10.4 Å². The van der Waals surface area contributed by atoms with Gasteiger partial charge in [-0.1, -0.05) is 29.8 Å². The first-order valence-corrected chi connectivity index (χ1v) is 9.72. The fraction of sp³-hybridized carbons (Fsp3) is 0.0952. The molecule has 29 heavy (non-hydrogen) atoms. The summed E-state index contributed by atoms with van der Waals surface area (Å²) in [4.78, 5) is 15.9. The van der Waals surface area contributed by atoms with Crippen LogP contribution in [0.5, 0.6) is 11.5 Å². The van der Waals surface area contributed by atoms with Gasteiger partial charge in [-0.2, -0.15) is 5.10 Å². The van der Waals surface area contributed by atoms with Crippen molar-refractivity contribution < 1.29 is 14.3 Å². The predicted molar refractivity (Wildman–Crippen MR) is 116 cm³/mol. The fourth-order valence-electron chi connectivity index (χ4n) is 2.42. The van der Waals surface area contributed by atoms with Crippen molar-refractivity contribution in [1.29, 1.82) is 0 Å². The molecule has 3 rings (SSSR count). The van der Waals surface area contributed by atoms with E-state index in [4.69, 9.17) is 21.1 Å². The van der Waals surface area contributed by atoms with Gasteiger partial charge in [-0.3, -0.25) is 9.78 Å². The van der Waals surface area contributed by atoms with Gasteiger partial charge in [0.05, 0.1) is 13.3 Å². The zero-order chi connectivity index (χ0) is 20.6. The van der Waals surface area contributed by atoms with Crippen LogP contribution in [-0.4, -0.2) is 24.2 Å². The number of pyridine rings is 1. The number of halogens is 2. The molecule has 0 aliphatic rings. The van der Waals surface area contributed by atoms with Crippen LogP contribution in [0.4, 0.5) is 0 Å². The number of hydrazone groups is 1. The maximum absolute atomic E-state index is 12.0. The smallest absolute Gasteiger partial charge is 0.271 e. The van der Waals surface area contributed by atoms with Crippen LogP contribution in [0.3, 0.4) is 0 Å². The number of amides is 1. The van der Waals surface area contributed by atoms with Crippen LogP contribution in [0.2, 0.25) is 5.02 Å². The number of carbonyl (C=O) groups is 1. The molecule has 0 spiro atoms. The van der Waals surface area contributed by atoms with Gasteiger partial charge in [-0.15, -0.1) is 0 Å². The number of hydrogen-bond donors (Lipinski definition) is 1. The minimum Gasteiger partial charge on any atom is -0.493 e. The van der Waals surface area contributed by atoms with Crippen molar-refractivity contribution in [3.8, 4) is 11.5 Å². The van der Waals surface area contributed by atoms with Gasteiger partial charge in [0.2, 0.25) is 0 Å². The molecule has 0 fully saturated rings. The first-order valence-electron chi connectivity index (χ1n) is 8.55. The summed E-state index contributed by atoms with van der Waals surface area (Å²) in [6.45, 7) is 0.303. The molecule has 1 amide bonds. The molecule has 0 saturated heterocycles. The Hall–Kier alpha value is -2.90. The maximum atomic E-state index is 12.0. The summed E-state index contributed by atoms with van der Waals surface area (Å²) in [5.74, 6) is 0.755. The van der Waals surface area contributed by atoms with Gasteiger partial charge in [0.25, 0.3) is 5.91 Å². The Morgan fingerprint density at radius 2 is 1.97 bits per heavy atom. The Kier molecular flexibility index (Phi) is 7.21. The topological polar surface area (TPSA) is 72.8 Å². The highest BCUT2D eigenvalue weighted by Crippen LogP contribution is 2.33. The summed E-state index contributed by atoms with van der Waals surface area (Å²) in [5.41, 5.74) is 4.53. The third kappa shape index (κ3) is 5.56. The summed E-state index contributed by atoms with van der Waals surface area (Å²) in [5, 5.41) is 4.64. The van der Waals surface area contributed by atoms with Gasteiger partial charge in [-0.25, -0.2) is 5.43 Å². The van der Waals surface area contributed by atoms with Gasteiger partial charge >= 0.3 is 0 Å². The molecule has 1 heterocycles. The number of ether oxygens (including phenoxy) is 2. The van der Waals surface area contributed by atoms with Gasteiger partial charge in [0.1, 0.15) is 6.61 Å². The third-order valence-electron chi connectivity index (χ3n) is 3.94. The number of aromatic nitrogens is 1. The predicted octanol–water partition coefficient (Wildman–Crippen LogP) is 4.85. The SMILES string of the molecule is COc1cc(/C=N/NC(=O)c2ccncc2)c(Br)cc1OCc1ccccc1Cl. The van der Waals surface area contributed by atoms with Crippen LogP contribution in [0.1, 0.15) is 21.5 Å². The first kappa shape index (κ1) is 20.8. The lowest BCUT2D eigenvalue weighted by Gasteiger charge is -2.13. The molecular formula is C21H17BrClN3O3. The van der Waals surface area contributed by atoms with Crippen molar-refractivity contribution in [3.05, 3.63) is 87.1 Å². The van der Waals surface area contributed by atoms with Crippen molar-refractivity contribution in [3.63, 3.8) is 0 Å². The molecule has 1 aromatic heterocycles. The van der Waals surface area contributed by atoms with E-state index in [0.717, 1.165) is 10.0 Å². The van der Waals surface area contributed by atoms with Gasteiger partial charge in [0, 0.05) is 38.6 Å². The van der Waals surface area contributed by atoms with E-state index in [1.807, 2.05) is 24.3 Å². The Morgan fingerprint density at radius 1 is 1.21 bits per heavy atom. The molecule has 8 heteroatoms. The van der Waals surface area contributed by atoms with Gasteiger partial charge in [-0.05, 0) is 46.3 Å². The third-order valence-corrected chi connectivity index (χ3v) is 4.99. The average Bonchev–Trinajstić information content (AvgIpc) is 2.75. The Bertz CT molecular complexity index is 1030. The highest BCUT2D eigenvalue weighted by atomic mass is 79.9. The normalized spacial score (nSPS) is 10.7. The molecule has 6 nitrogen and oxygen atoms in total. The van der Waals surface area contributed by atoms with E-state index in [1.165, 1.54) is 6.21 Å². The molecule has 0 radical (unpaired) electrons. The zero-order valence-electron chi connectivity index (χ0n) is 15.4. The van der Waals surface area contributed by atoms with E-state index in [1.54, 1.807) is 43.8 Å². The van der Waals surface area contributed by atoms with E-state index in [-0.39, 0.29) is 5.91 Å². The standard InChI is InChI=1S/C21H17BrClN3O3/c1-28-19-10-16(12-25-26-21(27)14-6-8-24-9-7-14)17(22)11-20(19)29-13-15-4-2-3-5-18(15)23/h2-12H,13H2,1H3,(H,26,27)/b25-12+. The van der Waals surface area contributed by atoms with Crippen LogP contribution in [0, 0.1) is 0 Å². The number of nitrogens with zero attached hydrogens (tertiary/aromatic N) is 2. The minimum atomic E-state index is -0.327. The lowest BCUT2D eigenvalue weighted by Crippen LogP contribution is -2.17. The number of rotatable bonds is 7. The lowest BCUT2D eigenvalue weighted by atomic mass is 10.2. The fourth-order valence-corrected chi connectivity index (χ4v) is 3.04. The molecule has 0 unspecified atom stereocenters. The van der Waals surface area contributed by atoms with E-state index in [9.17, 15) is 4.79 Å². The van der Waals surface area contributed by atoms with Crippen LogP contribution < -0.4 is 14.9 Å². The van der Waals surface area contributed by atoms with E-state index in [0.29, 0.717) is 34.3 Å². The quantitative estimate of drug-likeness (QED) is 0.392. The summed E-state index contributed by atoms with van der Waals surface area (Å²) >= 11 is 9.66. The second-order valence-corrected chi connectivity index (χ2v) is 7.10. The largest absolute Gasteiger partial charge is 0.493 e. The summed E-state index contributed by atoms with van der Waals surface area (Å²) in [6.07, 6.45) is 4.60. The minimum absolute atomic E-state index is 0.303. The highest BCUT2D eigenvalue weighted by Gasteiger charge is 2.11. The van der Waals surface area contributed by atoms with E-state index in [2.05, 4.69) is 31.4 Å². The number of methoxy groups -OCH3 is 1. The summed E-state index contributed by atoms with van der Waals surface area (Å²) < 4.78 is 12.0. The molecule has 0 aliphatic heterocycles. The average molecular weight is 475 g/mol. The molecule has 0 atom stereocenters. The van der Waals surface area contributed by atoms with E-state index < -0.39 is 0 Å². The summed E-state index contributed by atoms with van der Waals surface area (Å²) in [7, 11) is 1.55. The molecule has 3 aromatic rings. The molecular weight excluding hydrogens is 458 g/mol. The van der Waals surface area contributed by atoms with Crippen LogP contribution in [-0.2, 0) is 6.61 Å². The van der Waals surface area contributed by atoms with Crippen LogP contribution in [0.15, 0.2) is 70.5 Å². The molecule has 148 valence electrons. The first-order chi connectivity index (χ1) is 14.1. The van der Waals surface area contributed by atoms with Crippen LogP contribution >= 0.6 is 27.5 Å². The second kappa shape index (κ2) is 10.0. The van der Waals surface area contributed by atoms with Crippen molar-refractivity contribution in [2.75, 3.05) is 7.11 Å². The monoisotopic (exact) mass is 473 g/mol. The molecule has 0 bridgehead atoms. The number of benzene rings is 2. The molecule has 1 N–H and O–H groups in total. The zero-order valence-corrected chi connectivity index (χ0v) is 17.8. The number of nitrogens with one attached hydrogen (secondary N) is 1. The lowest BCUT2D eigenvalue weighted by molar-refractivity contribution is 0.0955. The molecule has 0 aliphatic carbocycles. The Balaban J connectivity index is 1.70. The molecule has 2 aromatic carbocycles. The Labute approximate surface area is 181 Å². The van der Waals surface area contributed by atoms with Gasteiger partial charge < -0.3 is 9.47 Å². The summed E-state index contributed by atoms with van der Waals surface area (Å²) in [6, 6.07) is 14.2. The van der Waals surface area contributed by atoms with Crippen molar-refractivity contribution >= 4 is 39.7 Å². The maximum Gasteiger partial charge on any atom is 0.271 e. The number of carbonyl (C=O) groups excluding carboxylic acids is 1. The van der Waals surface area contributed by atoms with Crippen molar-refractivity contribution in [2.24, 2.45) is 5.10 Å².